The molecule has 0 aromatic heterocycles. The molecule has 11 heteroatoms. The van der Waals surface area contributed by atoms with Gasteiger partial charge >= 0.3 is 5.97 Å². The summed E-state index contributed by atoms with van der Waals surface area (Å²) in [7, 11) is 1.42. The fourth-order valence-corrected chi connectivity index (χ4v) is 3.44. The van der Waals surface area contributed by atoms with Gasteiger partial charge in [0.25, 0.3) is 11.8 Å². The molecule has 0 spiro atoms. The van der Waals surface area contributed by atoms with Crippen LogP contribution >= 0.6 is 39.1 Å². The van der Waals surface area contributed by atoms with Gasteiger partial charge in [0.1, 0.15) is 0 Å². The molecule has 0 saturated heterocycles. The summed E-state index contributed by atoms with van der Waals surface area (Å²) in [4.78, 5) is 36.5. The molecule has 8 nitrogen and oxygen atoms in total. The highest BCUT2D eigenvalue weighted by molar-refractivity contribution is 9.10. The van der Waals surface area contributed by atoms with E-state index in [1.807, 2.05) is 0 Å². The Morgan fingerprint density at radius 1 is 0.971 bits per heavy atom. The molecule has 0 aliphatic rings. The number of halogens is 3. The number of carbonyl (C=O) groups is 3. The number of ether oxygens (including phenoxy) is 2. The van der Waals surface area contributed by atoms with Gasteiger partial charge < -0.3 is 14.8 Å². The maximum atomic E-state index is 12.4. The smallest absolute Gasteiger partial charge is 0.343 e. The van der Waals surface area contributed by atoms with Crippen molar-refractivity contribution in [2.24, 2.45) is 5.10 Å². The highest BCUT2D eigenvalue weighted by atomic mass is 79.9. The van der Waals surface area contributed by atoms with Crippen LogP contribution in [0.4, 0.5) is 0 Å². The van der Waals surface area contributed by atoms with Crippen LogP contribution in [0.25, 0.3) is 0 Å². The van der Waals surface area contributed by atoms with E-state index in [4.69, 9.17) is 32.7 Å². The third-order valence-corrected chi connectivity index (χ3v) is 5.68. The number of hydrazone groups is 1. The molecule has 0 unspecified atom stereocenters. The van der Waals surface area contributed by atoms with Crippen molar-refractivity contribution in [1.29, 1.82) is 0 Å². The first kappa shape index (κ1) is 26.2. The second-order valence-corrected chi connectivity index (χ2v) is 8.64. The Hall–Kier alpha value is -3.40. The van der Waals surface area contributed by atoms with Crippen LogP contribution in [-0.4, -0.2) is 37.7 Å². The molecule has 180 valence electrons. The first-order chi connectivity index (χ1) is 16.8. The molecule has 2 N–H and O–H groups in total. The number of carbonyl (C=O) groups excluding carboxylic acids is 3. The lowest BCUT2D eigenvalue weighted by atomic mass is 10.2. The monoisotopic (exact) mass is 577 g/mol. The van der Waals surface area contributed by atoms with Crippen molar-refractivity contribution >= 4 is 63.1 Å². The summed E-state index contributed by atoms with van der Waals surface area (Å²) >= 11 is 15.1. The molecular weight excluding hydrogens is 561 g/mol. The molecule has 0 radical (unpaired) electrons. The summed E-state index contributed by atoms with van der Waals surface area (Å²) < 4.78 is 11.4. The van der Waals surface area contributed by atoms with E-state index in [0.717, 1.165) is 4.47 Å². The molecule has 0 aliphatic carbocycles. The molecule has 35 heavy (non-hydrogen) atoms. The van der Waals surface area contributed by atoms with E-state index < -0.39 is 11.9 Å². The van der Waals surface area contributed by atoms with E-state index >= 15 is 0 Å². The fraction of sp³-hybridized carbons (Fsp3) is 0.0833. The van der Waals surface area contributed by atoms with Gasteiger partial charge in [0, 0.05) is 10.0 Å². The molecule has 0 aliphatic heterocycles. The summed E-state index contributed by atoms with van der Waals surface area (Å²) in [6, 6.07) is 15.9. The predicted molar refractivity (Wildman–Crippen MR) is 137 cm³/mol. The first-order valence-electron chi connectivity index (χ1n) is 9.97. The largest absolute Gasteiger partial charge is 0.493 e. The van der Waals surface area contributed by atoms with Gasteiger partial charge in [-0.2, -0.15) is 5.10 Å². The molecular formula is C24H18BrCl2N3O5. The van der Waals surface area contributed by atoms with E-state index in [1.165, 1.54) is 37.6 Å². The van der Waals surface area contributed by atoms with E-state index in [-0.39, 0.29) is 34.5 Å². The number of methoxy groups -OCH3 is 1. The number of rotatable bonds is 8. The lowest BCUT2D eigenvalue weighted by Crippen LogP contribution is -2.34. The summed E-state index contributed by atoms with van der Waals surface area (Å²) in [5.74, 6) is -1.08. The summed E-state index contributed by atoms with van der Waals surface area (Å²) in [5.41, 5.74) is 3.53. The van der Waals surface area contributed by atoms with E-state index in [2.05, 4.69) is 31.8 Å². The molecule has 0 atom stereocenters. The normalized spacial score (nSPS) is 10.6. The number of hydrogen-bond donors (Lipinski definition) is 2. The van der Waals surface area contributed by atoms with Crippen LogP contribution in [0.1, 0.15) is 26.3 Å². The maximum Gasteiger partial charge on any atom is 0.343 e. The average molecular weight is 579 g/mol. The lowest BCUT2D eigenvalue weighted by molar-refractivity contribution is -0.120. The number of esters is 1. The fourth-order valence-electron chi connectivity index (χ4n) is 2.74. The molecule has 3 aromatic carbocycles. The molecule has 3 rings (SSSR count). The standard InChI is InChI=1S/C24H18BrCl2N3O5/c1-34-21-9-14(5-8-20(21)35-24(33)16-6-7-18(26)19(27)11-16)12-29-30-22(31)13-28-23(32)15-3-2-4-17(25)10-15/h2-12H,13H2,1H3,(H,28,32)(H,30,31)/b29-12+. The maximum absolute atomic E-state index is 12.4. The Morgan fingerprint density at radius 2 is 1.77 bits per heavy atom. The van der Waals surface area contributed by atoms with Crippen molar-refractivity contribution in [3.05, 3.63) is 91.9 Å². The second kappa shape index (κ2) is 12.3. The van der Waals surface area contributed by atoms with Gasteiger partial charge in [0.2, 0.25) is 0 Å². The Kier molecular flexibility index (Phi) is 9.25. The minimum atomic E-state index is -0.638. The van der Waals surface area contributed by atoms with Gasteiger partial charge in [0.15, 0.2) is 11.5 Å². The quantitative estimate of drug-likeness (QED) is 0.172. The Labute approximate surface area is 219 Å². The highest BCUT2D eigenvalue weighted by Gasteiger charge is 2.14. The minimum Gasteiger partial charge on any atom is -0.493 e. The van der Waals surface area contributed by atoms with Crippen LogP contribution in [-0.2, 0) is 4.79 Å². The van der Waals surface area contributed by atoms with Crippen LogP contribution in [0.15, 0.2) is 70.2 Å². The van der Waals surface area contributed by atoms with Crippen molar-refractivity contribution in [1.82, 2.24) is 10.7 Å². The van der Waals surface area contributed by atoms with Gasteiger partial charge in [-0.25, -0.2) is 10.2 Å². The topological polar surface area (TPSA) is 106 Å². The van der Waals surface area contributed by atoms with Gasteiger partial charge in [-0.3, -0.25) is 9.59 Å². The Morgan fingerprint density at radius 3 is 2.49 bits per heavy atom. The minimum absolute atomic E-state index is 0.181. The summed E-state index contributed by atoms with van der Waals surface area (Å²) in [6.45, 7) is -0.254. The van der Waals surface area contributed by atoms with E-state index in [9.17, 15) is 14.4 Å². The van der Waals surface area contributed by atoms with Crippen LogP contribution in [0.5, 0.6) is 11.5 Å². The van der Waals surface area contributed by atoms with Crippen LogP contribution in [0.3, 0.4) is 0 Å². The van der Waals surface area contributed by atoms with Gasteiger partial charge in [-0.1, -0.05) is 45.2 Å². The van der Waals surface area contributed by atoms with Crippen molar-refractivity contribution in [3.63, 3.8) is 0 Å². The molecule has 0 saturated carbocycles. The highest BCUT2D eigenvalue weighted by Crippen LogP contribution is 2.29. The number of hydrogen-bond acceptors (Lipinski definition) is 6. The lowest BCUT2D eigenvalue weighted by Gasteiger charge is -2.10. The zero-order valence-corrected chi connectivity index (χ0v) is 21.3. The van der Waals surface area contributed by atoms with Crippen LogP contribution < -0.4 is 20.2 Å². The van der Waals surface area contributed by atoms with Crippen molar-refractivity contribution < 1.29 is 23.9 Å². The van der Waals surface area contributed by atoms with Crippen molar-refractivity contribution in [2.45, 2.75) is 0 Å². The Balaban J connectivity index is 1.55. The van der Waals surface area contributed by atoms with Crippen molar-refractivity contribution in [3.8, 4) is 11.5 Å². The van der Waals surface area contributed by atoms with Crippen molar-refractivity contribution in [2.75, 3.05) is 13.7 Å². The van der Waals surface area contributed by atoms with E-state index in [0.29, 0.717) is 16.1 Å². The van der Waals surface area contributed by atoms with Crippen LogP contribution in [0.2, 0.25) is 10.0 Å². The van der Waals surface area contributed by atoms with E-state index in [1.54, 1.807) is 36.4 Å². The predicted octanol–water partition coefficient (Wildman–Crippen LogP) is 4.86. The zero-order valence-electron chi connectivity index (χ0n) is 18.2. The molecule has 0 bridgehead atoms. The second-order valence-electron chi connectivity index (χ2n) is 6.91. The number of amides is 2. The SMILES string of the molecule is COc1cc(/C=N/NC(=O)CNC(=O)c2cccc(Br)c2)ccc1OC(=O)c1ccc(Cl)c(Cl)c1. The van der Waals surface area contributed by atoms with Gasteiger partial charge in [-0.05, 0) is 60.2 Å². The number of nitrogens with zero attached hydrogens (tertiary/aromatic N) is 1. The molecule has 0 heterocycles. The number of benzene rings is 3. The molecule has 0 fully saturated rings. The van der Waals surface area contributed by atoms with Gasteiger partial charge in [0.05, 0.1) is 35.5 Å². The average Bonchev–Trinajstić information content (AvgIpc) is 2.84. The molecule has 3 aromatic rings. The third-order valence-electron chi connectivity index (χ3n) is 4.44. The zero-order chi connectivity index (χ0) is 25.4. The summed E-state index contributed by atoms with van der Waals surface area (Å²) in [6.07, 6.45) is 1.38. The molecule has 2 amide bonds. The third kappa shape index (κ3) is 7.54. The van der Waals surface area contributed by atoms with Crippen LogP contribution in [0, 0.1) is 0 Å². The first-order valence-corrected chi connectivity index (χ1v) is 11.5. The number of nitrogens with one attached hydrogen (secondary N) is 2. The van der Waals surface area contributed by atoms with Gasteiger partial charge in [-0.15, -0.1) is 0 Å². The Bertz CT molecular complexity index is 1300. The summed E-state index contributed by atoms with van der Waals surface area (Å²) in [5, 5.41) is 6.93.